The Morgan fingerprint density at radius 1 is 1.40 bits per heavy atom. The maximum absolute atomic E-state index is 11.4. The second kappa shape index (κ2) is 7.20. The van der Waals surface area contributed by atoms with E-state index in [9.17, 15) is 4.79 Å². The predicted molar refractivity (Wildman–Crippen MR) is 81.3 cm³/mol. The fraction of sp³-hybridized carbons (Fsp3) is 0.400. The Morgan fingerprint density at radius 2 is 2.10 bits per heavy atom. The van der Waals surface area contributed by atoms with Gasteiger partial charge in [-0.05, 0) is 26.8 Å². The first-order chi connectivity index (χ1) is 9.33. The van der Waals surface area contributed by atoms with E-state index in [1.54, 1.807) is 19.3 Å². The van der Waals surface area contributed by atoms with Crippen molar-refractivity contribution in [2.75, 3.05) is 13.7 Å². The van der Waals surface area contributed by atoms with Gasteiger partial charge in [-0.2, -0.15) is 0 Å². The quantitative estimate of drug-likeness (QED) is 0.917. The third-order valence-electron chi connectivity index (χ3n) is 2.26. The molecule has 1 amide bonds. The van der Waals surface area contributed by atoms with Crippen LogP contribution < -0.4 is 10.1 Å². The number of hydrogen-bond donors (Lipinski definition) is 1. The largest absolute Gasteiger partial charge is 0.495 e. The number of rotatable bonds is 4. The van der Waals surface area contributed by atoms with E-state index in [0.29, 0.717) is 17.3 Å². The molecule has 0 unspecified atom stereocenters. The van der Waals surface area contributed by atoms with Gasteiger partial charge in [-0.3, -0.25) is 0 Å². The van der Waals surface area contributed by atoms with Crippen LogP contribution in [-0.4, -0.2) is 25.3 Å². The van der Waals surface area contributed by atoms with E-state index < -0.39 is 11.7 Å². The summed E-state index contributed by atoms with van der Waals surface area (Å²) in [5.41, 5.74) is 0.357. The standard InChI is InChI=1S/C15H20ClNO3/c1-15(2,3)20-14(18)17-10-6-8-11-7-5-9-12(16)13(11)19-4/h5-9H,10H2,1-4H3,(H,17,18). The van der Waals surface area contributed by atoms with Crippen molar-refractivity contribution in [2.45, 2.75) is 26.4 Å². The Kier molecular flexibility index (Phi) is 5.89. The number of benzene rings is 1. The van der Waals surface area contributed by atoms with Gasteiger partial charge in [0, 0.05) is 12.1 Å². The molecule has 1 N–H and O–H groups in total. The molecule has 110 valence electrons. The van der Waals surface area contributed by atoms with Gasteiger partial charge in [0.1, 0.15) is 11.4 Å². The summed E-state index contributed by atoms with van der Waals surface area (Å²) in [6.07, 6.45) is 3.19. The molecular weight excluding hydrogens is 278 g/mol. The van der Waals surface area contributed by atoms with Gasteiger partial charge in [0.25, 0.3) is 0 Å². The number of amides is 1. The predicted octanol–water partition coefficient (Wildman–Crippen LogP) is 3.89. The second-order valence-electron chi connectivity index (χ2n) is 5.15. The van der Waals surface area contributed by atoms with Crippen molar-refractivity contribution in [3.63, 3.8) is 0 Å². The molecule has 0 saturated heterocycles. The minimum absolute atomic E-state index is 0.366. The van der Waals surface area contributed by atoms with Gasteiger partial charge in [0.05, 0.1) is 12.1 Å². The molecule has 20 heavy (non-hydrogen) atoms. The fourth-order valence-electron chi connectivity index (χ4n) is 1.51. The molecule has 5 heteroatoms. The summed E-state index contributed by atoms with van der Waals surface area (Å²) < 4.78 is 10.3. The molecule has 0 radical (unpaired) electrons. The second-order valence-corrected chi connectivity index (χ2v) is 5.55. The Labute approximate surface area is 124 Å². The highest BCUT2D eigenvalue weighted by molar-refractivity contribution is 6.32. The average molecular weight is 298 g/mol. The minimum Gasteiger partial charge on any atom is -0.495 e. The van der Waals surface area contributed by atoms with Crippen molar-refractivity contribution >= 4 is 23.8 Å². The Bertz CT molecular complexity index is 492. The SMILES string of the molecule is COc1c(Cl)cccc1C=CCNC(=O)OC(C)(C)C. The first kappa shape index (κ1) is 16.4. The summed E-state index contributed by atoms with van der Waals surface area (Å²) >= 11 is 6.02. The molecule has 0 atom stereocenters. The van der Waals surface area contributed by atoms with Crippen LogP contribution in [0.5, 0.6) is 5.75 Å². The Hall–Kier alpha value is -1.68. The van der Waals surface area contributed by atoms with Crippen molar-refractivity contribution in [2.24, 2.45) is 0 Å². The van der Waals surface area contributed by atoms with Gasteiger partial charge in [0.2, 0.25) is 0 Å². The maximum atomic E-state index is 11.4. The molecule has 1 aromatic rings. The van der Waals surface area contributed by atoms with E-state index in [2.05, 4.69) is 5.32 Å². The van der Waals surface area contributed by atoms with E-state index in [-0.39, 0.29) is 0 Å². The van der Waals surface area contributed by atoms with E-state index in [1.807, 2.05) is 39.0 Å². The number of hydrogen-bond acceptors (Lipinski definition) is 3. The van der Waals surface area contributed by atoms with Crippen molar-refractivity contribution < 1.29 is 14.3 Å². The lowest BCUT2D eigenvalue weighted by Gasteiger charge is -2.19. The minimum atomic E-state index is -0.496. The average Bonchev–Trinajstić information content (AvgIpc) is 2.32. The number of halogens is 1. The molecule has 0 fully saturated rings. The zero-order chi connectivity index (χ0) is 15.2. The molecule has 0 aromatic heterocycles. The molecule has 0 bridgehead atoms. The van der Waals surface area contributed by atoms with E-state index in [4.69, 9.17) is 21.1 Å². The fourth-order valence-corrected chi connectivity index (χ4v) is 1.77. The van der Waals surface area contributed by atoms with Crippen LogP contribution in [0, 0.1) is 0 Å². The third kappa shape index (κ3) is 5.53. The summed E-state index contributed by atoms with van der Waals surface area (Å²) in [4.78, 5) is 11.4. The van der Waals surface area contributed by atoms with Crippen LogP contribution in [0.4, 0.5) is 4.79 Å². The zero-order valence-electron chi connectivity index (χ0n) is 12.2. The third-order valence-corrected chi connectivity index (χ3v) is 2.56. The number of para-hydroxylation sites is 1. The van der Waals surface area contributed by atoms with Gasteiger partial charge < -0.3 is 14.8 Å². The number of ether oxygens (including phenoxy) is 2. The lowest BCUT2D eigenvalue weighted by molar-refractivity contribution is 0.0534. The summed E-state index contributed by atoms with van der Waals surface area (Å²) in [5.74, 6) is 0.614. The molecule has 1 aromatic carbocycles. The van der Waals surface area contributed by atoms with Crippen LogP contribution >= 0.6 is 11.6 Å². The topological polar surface area (TPSA) is 47.6 Å². The molecule has 0 aliphatic rings. The lowest BCUT2D eigenvalue weighted by atomic mass is 10.2. The van der Waals surface area contributed by atoms with Crippen LogP contribution in [0.15, 0.2) is 24.3 Å². The molecule has 1 rings (SSSR count). The Balaban J connectivity index is 2.54. The summed E-state index contributed by atoms with van der Waals surface area (Å²) in [7, 11) is 1.57. The highest BCUT2D eigenvalue weighted by Gasteiger charge is 2.15. The molecule has 0 spiro atoms. The van der Waals surface area contributed by atoms with Gasteiger partial charge in [-0.15, -0.1) is 0 Å². The van der Waals surface area contributed by atoms with Crippen molar-refractivity contribution in [1.82, 2.24) is 5.32 Å². The van der Waals surface area contributed by atoms with Crippen LogP contribution in [0.3, 0.4) is 0 Å². The van der Waals surface area contributed by atoms with Crippen molar-refractivity contribution in [3.8, 4) is 5.75 Å². The van der Waals surface area contributed by atoms with Gasteiger partial charge >= 0.3 is 6.09 Å². The number of carbonyl (C=O) groups is 1. The first-order valence-corrected chi connectivity index (χ1v) is 6.67. The summed E-state index contributed by atoms with van der Waals surface area (Å²) in [5, 5.41) is 3.19. The zero-order valence-corrected chi connectivity index (χ0v) is 13.0. The molecule has 0 aliphatic heterocycles. The van der Waals surface area contributed by atoms with Gasteiger partial charge in [-0.25, -0.2) is 4.79 Å². The summed E-state index contributed by atoms with van der Waals surface area (Å²) in [6.45, 7) is 5.82. The van der Waals surface area contributed by atoms with Crippen LogP contribution in [0.2, 0.25) is 5.02 Å². The van der Waals surface area contributed by atoms with Crippen LogP contribution in [-0.2, 0) is 4.74 Å². The lowest BCUT2D eigenvalue weighted by Crippen LogP contribution is -2.32. The van der Waals surface area contributed by atoms with E-state index >= 15 is 0 Å². The molecule has 0 saturated carbocycles. The molecule has 0 aliphatic carbocycles. The highest BCUT2D eigenvalue weighted by atomic mass is 35.5. The highest BCUT2D eigenvalue weighted by Crippen LogP contribution is 2.28. The van der Waals surface area contributed by atoms with Crippen LogP contribution in [0.25, 0.3) is 6.08 Å². The van der Waals surface area contributed by atoms with Crippen molar-refractivity contribution in [1.29, 1.82) is 0 Å². The monoisotopic (exact) mass is 297 g/mol. The molecule has 0 heterocycles. The Morgan fingerprint density at radius 3 is 2.70 bits per heavy atom. The number of carbonyl (C=O) groups excluding carboxylic acids is 1. The maximum Gasteiger partial charge on any atom is 0.407 e. The molecule has 4 nitrogen and oxygen atoms in total. The summed E-state index contributed by atoms with van der Waals surface area (Å²) in [6, 6.07) is 5.48. The number of alkyl carbamates (subject to hydrolysis) is 1. The smallest absolute Gasteiger partial charge is 0.407 e. The normalized spacial score (nSPS) is 11.4. The molecular formula is C15H20ClNO3. The van der Waals surface area contributed by atoms with Gasteiger partial charge in [-0.1, -0.05) is 35.9 Å². The van der Waals surface area contributed by atoms with E-state index in [0.717, 1.165) is 5.56 Å². The number of nitrogens with one attached hydrogen (secondary N) is 1. The van der Waals surface area contributed by atoms with Crippen LogP contribution in [0.1, 0.15) is 26.3 Å². The first-order valence-electron chi connectivity index (χ1n) is 6.29. The van der Waals surface area contributed by atoms with E-state index in [1.165, 1.54) is 0 Å². The number of methoxy groups -OCH3 is 1. The van der Waals surface area contributed by atoms with Crippen molar-refractivity contribution in [3.05, 3.63) is 34.9 Å². The van der Waals surface area contributed by atoms with Gasteiger partial charge in [0.15, 0.2) is 0 Å².